The molecule has 3 aromatic rings. The van der Waals surface area contributed by atoms with Crippen molar-refractivity contribution in [2.24, 2.45) is 5.11 Å². The van der Waals surface area contributed by atoms with Crippen molar-refractivity contribution < 1.29 is 28.5 Å². The van der Waals surface area contributed by atoms with Crippen LogP contribution in [0.5, 0.6) is 17.2 Å². The zero-order valence-electron chi connectivity index (χ0n) is 20.5. The van der Waals surface area contributed by atoms with Crippen molar-refractivity contribution in [3.63, 3.8) is 0 Å². The quantitative estimate of drug-likeness (QED) is 0.0717. The summed E-state index contributed by atoms with van der Waals surface area (Å²) in [6.07, 6.45) is 1.75. The molecule has 0 saturated heterocycles. The fourth-order valence-electron chi connectivity index (χ4n) is 3.17. The standard InChI is InChI=1S/C26H27N5O6/c1-18-5-8-21(9-6-18)37-26(33)35-16-19-7-10-23(30-31-27)24(14-19)36-22-11-13-29-25(15-22)28-12-3-4-20(32)17-34-2/h5-11,13-15H,3-4,12,16-17H2,1-2H3,(H,28,29). The molecule has 0 unspecified atom stereocenters. The average molecular weight is 506 g/mol. The number of ketones is 1. The van der Waals surface area contributed by atoms with Crippen LogP contribution in [-0.4, -0.2) is 37.2 Å². The molecule has 0 aliphatic carbocycles. The Morgan fingerprint density at radius 1 is 1.08 bits per heavy atom. The number of rotatable bonds is 13. The Hall–Kier alpha value is -4.60. The lowest BCUT2D eigenvalue weighted by Gasteiger charge is -2.12. The lowest BCUT2D eigenvalue weighted by Crippen LogP contribution is -2.10. The van der Waals surface area contributed by atoms with Crippen LogP contribution in [0.15, 0.2) is 65.9 Å². The summed E-state index contributed by atoms with van der Waals surface area (Å²) >= 11 is 0. The number of aromatic nitrogens is 1. The van der Waals surface area contributed by atoms with Crippen LogP contribution >= 0.6 is 0 Å². The smallest absolute Gasteiger partial charge is 0.457 e. The van der Waals surface area contributed by atoms with Gasteiger partial charge in [0, 0.05) is 37.3 Å². The summed E-state index contributed by atoms with van der Waals surface area (Å²) in [4.78, 5) is 30.7. The number of carbonyl (C=O) groups excluding carboxylic acids is 2. The van der Waals surface area contributed by atoms with E-state index < -0.39 is 6.16 Å². The molecule has 3 rings (SSSR count). The number of benzene rings is 2. The Labute approximate surface area is 214 Å². The average Bonchev–Trinajstić information content (AvgIpc) is 2.89. The summed E-state index contributed by atoms with van der Waals surface area (Å²) in [7, 11) is 1.49. The van der Waals surface area contributed by atoms with Crippen LogP contribution in [0.2, 0.25) is 0 Å². The molecule has 1 heterocycles. The Morgan fingerprint density at radius 2 is 1.89 bits per heavy atom. The van der Waals surface area contributed by atoms with Crippen molar-refractivity contribution in [1.82, 2.24) is 4.98 Å². The third-order valence-electron chi connectivity index (χ3n) is 4.96. The summed E-state index contributed by atoms with van der Waals surface area (Å²) < 4.78 is 21.1. The number of aryl methyl sites for hydroxylation is 1. The second-order valence-corrected chi connectivity index (χ2v) is 7.93. The molecule has 2 aromatic carbocycles. The van der Waals surface area contributed by atoms with E-state index in [0.29, 0.717) is 42.3 Å². The maximum Gasteiger partial charge on any atom is 0.514 e. The number of Topliss-reactive ketones (excluding diaryl/α,β-unsaturated/α-hetero) is 1. The van der Waals surface area contributed by atoms with Crippen LogP contribution in [0.1, 0.15) is 24.0 Å². The number of carbonyl (C=O) groups is 2. The lowest BCUT2D eigenvalue weighted by molar-refractivity contribution is -0.122. The molecule has 0 saturated carbocycles. The van der Waals surface area contributed by atoms with Gasteiger partial charge in [0.2, 0.25) is 0 Å². The number of hydrogen-bond acceptors (Lipinski definition) is 9. The van der Waals surface area contributed by atoms with E-state index in [1.807, 2.05) is 19.1 Å². The Balaban J connectivity index is 1.61. The first-order valence-electron chi connectivity index (χ1n) is 11.4. The fourth-order valence-corrected chi connectivity index (χ4v) is 3.17. The third kappa shape index (κ3) is 9.17. The van der Waals surface area contributed by atoms with Crippen LogP contribution in [0.4, 0.5) is 16.3 Å². The molecule has 0 bridgehead atoms. The van der Waals surface area contributed by atoms with Gasteiger partial charge < -0.3 is 24.3 Å². The highest BCUT2D eigenvalue weighted by Crippen LogP contribution is 2.34. The molecule has 37 heavy (non-hydrogen) atoms. The SMILES string of the molecule is COCC(=O)CCCNc1cc(Oc2cc(COC(=O)Oc3ccc(C)cc3)ccc2N=[N+]=[N-])ccn1. The van der Waals surface area contributed by atoms with Gasteiger partial charge in [0.25, 0.3) is 0 Å². The molecule has 1 N–H and O–H groups in total. The number of ether oxygens (including phenoxy) is 4. The number of pyridine rings is 1. The normalized spacial score (nSPS) is 10.2. The minimum absolute atomic E-state index is 0.0344. The predicted molar refractivity (Wildman–Crippen MR) is 136 cm³/mol. The first-order valence-corrected chi connectivity index (χ1v) is 11.4. The first-order chi connectivity index (χ1) is 18.0. The first kappa shape index (κ1) is 27.0. The lowest BCUT2D eigenvalue weighted by atomic mass is 10.2. The summed E-state index contributed by atoms with van der Waals surface area (Å²) in [5.41, 5.74) is 10.8. The molecule has 11 nitrogen and oxygen atoms in total. The van der Waals surface area contributed by atoms with Gasteiger partial charge in [-0.05, 0) is 54.8 Å². The van der Waals surface area contributed by atoms with Crippen molar-refractivity contribution in [2.45, 2.75) is 26.4 Å². The molecule has 0 aliphatic rings. The van der Waals surface area contributed by atoms with Crippen molar-refractivity contribution in [1.29, 1.82) is 0 Å². The fraction of sp³-hybridized carbons (Fsp3) is 0.269. The molecular formula is C26H27N5O6. The van der Waals surface area contributed by atoms with E-state index in [0.717, 1.165) is 5.56 Å². The van der Waals surface area contributed by atoms with Gasteiger partial charge in [-0.25, -0.2) is 9.78 Å². The van der Waals surface area contributed by atoms with Gasteiger partial charge in [0.1, 0.15) is 36.3 Å². The monoisotopic (exact) mass is 505 g/mol. The molecule has 0 amide bonds. The molecular weight excluding hydrogens is 478 g/mol. The van der Waals surface area contributed by atoms with Gasteiger partial charge in [0.15, 0.2) is 5.78 Å². The molecule has 0 radical (unpaired) electrons. The van der Waals surface area contributed by atoms with E-state index in [9.17, 15) is 9.59 Å². The summed E-state index contributed by atoms with van der Waals surface area (Å²) in [5.74, 6) is 1.68. The van der Waals surface area contributed by atoms with Gasteiger partial charge in [-0.3, -0.25) is 4.79 Å². The molecule has 0 fully saturated rings. The number of anilines is 1. The number of nitrogens with zero attached hydrogens (tertiary/aromatic N) is 4. The second-order valence-electron chi connectivity index (χ2n) is 7.93. The largest absolute Gasteiger partial charge is 0.514 e. The summed E-state index contributed by atoms with van der Waals surface area (Å²) in [6, 6.07) is 15.2. The van der Waals surface area contributed by atoms with Crippen molar-refractivity contribution >= 4 is 23.4 Å². The van der Waals surface area contributed by atoms with Crippen LogP contribution in [0, 0.1) is 6.92 Å². The van der Waals surface area contributed by atoms with E-state index >= 15 is 0 Å². The maximum atomic E-state index is 12.1. The third-order valence-corrected chi connectivity index (χ3v) is 4.96. The molecule has 1 aromatic heterocycles. The molecule has 0 aliphatic heterocycles. The maximum absolute atomic E-state index is 12.1. The van der Waals surface area contributed by atoms with E-state index in [-0.39, 0.29) is 30.4 Å². The van der Waals surface area contributed by atoms with Crippen molar-refractivity contribution in [2.75, 3.05) is 25.6 Å². The van der Waals surface area contributed by atoms with Gasteiger partial charge >= 0.3 is 6.16 Å². The van der Waals surface area contributed by atoms with Gasteiger partial charge in [0.05, 0.1) is 5.69 Å². The van der Waals surface area contributed by atoms with Crippen LogP contribution in [0.25, 0.3) is 10.4 Å². The number of hydrogen-bond donors (Lipinski definition) is 1. The van der Waals surface area contributed by atoms with E-state index in [1.165, 1.54) is 7.11 Å². The summed E-state index contributed by atoms with van der Waals surface area (Å²) in [5, 5.41) is 6.80. The molecule has 0 atom stereocenters. The Morgan fingerprint density at radius 3 is 2.65 bits per heavy atom. The Kier molecular flexibility index (Phi) is 10.3. The predicted octanol–water partition coefficient (Wildman–Crippen LogP) is 6.25. The van der Waals surface area contributed by atoms with Crippen LogP contribution in [-0.2, 0) is 20.9 Å². The van der Waals surface area contributed by atoms with E-state index in [2.05, 4.69) is 20.3 Å². The minimum Gasteiger partial charge on any atom is -0.457 e. The van der Waals surface area contributed by atoms with Gasteiger partial charge in [-0.15, -0.1) is 0 Å². The van der Waals surface area contributed by atoms with Crippen LogP contribution < -0.4 is 14.8 Å². The summed E-state index contributed by atoms with van der Waals surface area (Å²) in [6.45, 7) is 2.50. The number of azide groups is 1. The van der Waals surface area contributed by atoms with Crippen molar-refractivity contribution in [3.8, 4) is 17.2 Å². The highest BCUT2D eigenvalue weighted by atomic mass is 16.7. The topological polar surface area (TPSA) is 145 Å². The molecule has 0 spiro atoms. The Bertz CT molecular complexity index is 1260. The van der Waals surface area contributed by atoms with E-state index in [1.54, 1.807) is 48.7 Å². The highest BCUT2D eigenvalue weighted by Gasteiger charge is 2.11. The highest BCUT2D eigenvalue weighted by molar-refractivity contribution is 5.79. The number of nitrogens with one attached hydrogen (secondary N) is 1. The second kappa shape index (κ2) is 14.1. The van der Waals surface area contributed by atoms with Crippen molar-refractivity contribution in [3.05, 3.63) is 82.4 Å². The molecule has 192 valence electrons. The van der Waals surface area contributed by atoms with Gasteiger partial charge in [-0.1, -0.05) is 28.9 Å². The molecule has 11 heteroatoms. The number of methoxy groups -OCH3 is 1. The zero-order valence-corrected chi connectivity index (χ0v) is 20.5. The van der Waals surface area contributed by atoms with Gasteiger partial charge in [-0.2, -0.15) is 0 Å². The van der Waals surface area contributed by atoms with E-state index in [4.69, 9.17) is 24.5 Å². The zero-order chi connectivity index (χ0) is 26.5. The van der Waals surface area contributed by atoms with Crippen LogP contribution in [0.3, 0.4) is 0 Å². The minimum atomic E-state index is -0.848.